The van der Waals surface area contributed by atoms with Crippen LogP contribution in [0.5, 0.6) is 0 Å². The van der Waals surface area contributed by atoms with Crippen LogP contribution < -0.4 is 0 Å². The van der Waals surface area contributed by atoms with Crippen molar-refractivity contribution < 1.29 is 14.6 Å². The first-order valence-electron chi connectivity index (χ1n) is 12.8. The van der Waals surface area contributed by atoms with Crippen LogP contribution in [0.25, 0.3) is 0 Å². The van der Waals surface area contributed by atoms with Crippen LogP contribution in [0, 0.1) is 40.4 Å². The molecule has 168 valence electrons. The van der Waals surface area contributed by atoms with E-state index < -0.39 is 11.6 Å². The fourth-order valence-electron chi connectivity index (χ4n) is 9.23. The predicted molar refractivity (Wildman–Crippen MR) is 119 cm³/mol. The Morgan fingerprint density at radius 3 is 2.67 bits per heavy atom. The number of fused-ring (bicyclic) bond motifs is 5. The first-order valence-corrected chi connectivity index (χ1v) is 12.8. The molecule has 30 heavy (non-hydrogen) atoms. The lowest BCUT2D eigenvalue weighted by atomic mass is 9.47. The number of cyclic esters (lactones) is 1. The number of hydrogen-bond donors (Lipinski definition) is 1. The van der Waals surface area contributed by atoms with Crippen LogP contribution in [0.3, 0.4) is 0 Å². The standard InChI is InChI=1S/C27H42O3/c1-17(15-19-16-27(4,29)24(28)30-19)21-10-11-22-20-9-8-18-7-5-6-13-25(18,2)23(20)12-14-26(21,22)3/h8,17,19-23,29H,5-7,9-16H2,1-4H3/t17-,19?,20+,21-,22+,23+,25+,26-,27?/m1/s1. The maximum atomic E-state index is 11.9. The van der Waals surface area contributed by atoms with Gasteiger partial charge in [0.2, 0.25) is 0 Å². The van der Waals surface area contributed by atoms with Gasteiger partial charge in [-0.05, 0) is 105 Å². The van der Waals surface area contributed by atoms with Gasteiger partial charge in [-0.1, -0.05) is 38.8 Å². The van der Waals surface area contributed by atoms with Crippen LogP contribution in [0.4, 0.5) is 0 Å². The van der Waals surface area contributed by atoms with Crippen molar-refractivity contribution in [3.8, 4) is 0 Å². The molecule has 1 aliphatic heterocycles. The lowest BCUT2D eigenvalue weighted by Gasteiger charge is -2.58. The maximum absolute atomic E-state index is 11.9. The molecule has 3 heteroatoms. The third-order valence-electron chi connectivity index (χ3n) is 10.8. The Bertz CT molecular complexity index is 738. The van der Waals surface area contributed by atoms with Gasteiger partial charge in [-0.25, -0.2) is 4.79 Å². The number of aliphatic hydroxyl groups is 1. The van der Waals surface area contributed by atoms with Gasteiger partial charge in [0.25, 0.3) is 0 Å². The zero-order valence-corrected chi connectivity index (χ0v) is 19.6. The molecule has 3 nitrogen and oxygen atoms in total. The summed E-state index contributed by atoms with van der Waals surface area (Å²) in [5, 5.41) is 10.2. The van der Waals surface area contributed by atoms with Crippen molar-refractivity contribution >= 4 is 5.97 Å². The Morgan fingerprint density at radius 2 is 1.93 bits per heavy atom. The van der Waals surface area contributed by atoms with Crippen molar-refractivity contribution in [1.29, 1.82) is 0 Å². The lowest BCUT2D eigenvalue weighted by Crippen LogP contribution is -2.50. The molecule has 1 N–H and O–H groups in total. The molecule has 0 spiro atoms. The van der Waals surface area contributed by atoms with Crippen LogP contribution in [0.1, 0.15) is 98.3 Å². The monoisotopic (exact) mass is 414 g/mol. The summed E-state index contributed by atoms with van der Waals surface area (Å²) < 4.78 is 5.54. The number of hydrogen-bond acceptors (Lipinski definition) is 3. The average Bonchev–Trinajstić information content (AvgIpc) is 3.16. The highest BCUT2D eigenvalue weighted by Crippen LogP contribution is 2.67. The summed E-state index contributed by atoms with van der Waals surface area (Å²) in [4.78, 5) is 11.9. The Labute approximate surface area is 183 Å². The molecule has 5 rings (SSSR count). The minimum atomic E-state index is -1.29. The molecule has 0 radical (unpaired) electrons. The van der Waals surface area contributed by atoms with E-state index in [0.29, 0.717) is 23.2 Å². The second-order valence-electron chi connectivity index (χ2n) is 12.4. The number of esters is 1. The van der Waals surface area contributed by atoms with Crippen molar-refractivity contribution in [3.05, 3.63) is 11.6 Å². The molecule has 9 atom stereocenters. The highest BCUT2D eigenvalue weighted by molar-refractivity contribution is 5.80. The number of allylic oxidation sites excluding steroid dienone is 2. The molecule has 0 aromatic rings. The molecule has 1 heterocycles. The number of carbonyl (C=O) groups is 1. The molecular formula is C27H42O3. The van der Waals surface area contributed by atoms with E-state index >= 15 is 0 Å². The first kappa shape index (κ1) is 21.0. The van der Waals surface area contributed by atoms with Gasteiger partial charge in [-0.15, -0.1) is 0 Å². The highest BCUT2D eigenvalue weighted by Gasteiger charge is 2.59. The van der Waals surface area contributed by atoms with E-state index in [0.717, 1.165) is 30.1 Å². The van der Waals surface area contributed by atoms with E-state index in [4.69, 9.17) is 4.74 Å². The first-order chi connectivity index (χ1) is 14.1. The van der Waals surface area contributed by atoms with E-state index in [1.54, 1.807) is 12.5 Å². The fraction of sp³-hybridized carbons (Fsp3) is 0.889. The molecule has 0 amide bonds. The van der Waals surface area contributed by atoms with Crippen molar-refractivity contribution in [2.24, 2.45) is 40.4 Å². The third-order valence-corrected chi connectivity index (χ3v) is 10.8. The van der Waals surface area contributed by atoms with Gasteiger partial charge in [-0.2, -0.15) is 0 Å². The molecule has 3 saturated carbocycles. The van der Waals surface area contributed by atoms with Crippen LogP contribution in [-0.4, -0.2) is 22.8 Å². The van der Waals surface area contributed by atoms with Crippen LogP contribution in [0.2, 0.25) is 0 Å². The Balaban J connectivity index is 1.32. The van der Waals surface area contributed by atoms with Gasteiger partial charge in [0.1, 0.15) is 6.10 Å². The number of carbonyl (C=O) groups excluding carboxylic acids is 1. The van der Waals surface area contributed by atoms with E-state index in [-0.39, 0.29) is 6.10 Å². The normalized spacial score (nSPS) is 51.4. The van der Waals surface area contributed by atoms with Crippen LogP contribution in [0.15, 0.2) is 11.6 Å². The van der Waals surface area contributed by atoms with Crippen molar-refractivity contribution in [1.82, 2.24) is 0 Å². The predicted octanol–water partition coefficient (Wildman–Crippen LogP) is 6.05. The molecule has 0 bridgehead atoms. The molecule has 1 saturated heterocycles. The molecular weight excluding hydrogens is 372 g/mol. The van der Waals surface area contributed by atoms with E-state index in [9.17, 15) is 9.90 Å². The second kappa shape index (κ2) is 7.09. The molecule has 0 aromatic carbocycles. The summed E-state index contributed by atoms with van der Waals surface area (Å²) in [6.45, 7) is 9.19. The van der Waals surface area contributed by atoms with Crippen molar-refractivity contribution in [2.75, 3.05) is 0 Å². The van der Waals surface area contributed by atoms with E-state index in [1.807, 2.05) is 0 Å². The summed E-state index contributed by atoms with van der Waals surface area (Å²) in [6.07, 6.45) is 16.3. The molecule has 4 fully saturated rings. The fourth-order valence-corrected chi connectivity index (χ4v) is 9.23. The molecule has 5 aliphatic rings. The zero-order valence-electron chi connectivity index (χ0n) is 19.6. The SMILES string of the molecule is C[C@H](CC1CC(C)(O)C(=O)O1)[C@H]1CC[C@H]2[C@@H]3CC=C4CCCC[C@]4(C)[C@H]3CC[C@]12C. The van der Waals surface area contributed by atoms with E-state index in [1.165, 1.54) is 57.8 Å². The van der Waals surface area contributed by atoms with Crippen molar-refractivity contribution in [3.63, 3.8) is 0 Å². The largest absolute Gasteiger partial charge is 0.460 e. The highest BCUT2D eigenvalue weighted by atomic mass is 16.6. The molecule has 2 unspecified atom stereocenters. The summed E-state index contributed by atoms with van der Waals surface area (Å²) in [6, 6.07) is 0. The Hall–Kier alpha value is -0.830. The Kier molecular flexibility index (Phi) is 4.97. The smallest absolute Gasteiger partial charge is 0.338 e. The number of ether oxygens (including phenoxy) is 1. The van der Waals surface area contributed by atoms with Gasteiger partial charge in [0.15, 0.2) is 5.60 Å². The van der Waals surface area contributed by atoms with Crippen molar-refractivity contribution in [2.45, 2.75) is 110 Å². The molecule has 0 aromatic heterocycles. The second-order valence-corrected chi connectivity index (χ2v) is 12.4. The van der Waals surface area contributed by atoms with Gasteiger partial charge >= 0.3 is 5.97 Å². The average molecular weight is 415 g/mol. The van der Waals surface area contributed by atoms with Crippen LogP contribution >= 0.6 is 0 Å². The minimum absolute atomic E-state index is 0.109. The lowest BCUT2D eigenvalue weighted by molar-refractivity contribution is -0.154. The third kappa shape index (κ3) is 3.05. The van der Waals surface area contributed by atoms with Gasteiger partial charge in [0, 0.05) is 6.42 Å². The topological polar surface area (TPSA) is 46.5 Å². The van der Waals surface area contributed by atoms with Gasteiger partial charge in [-0.3, -0.25) is 0 Å². The van der Waals surface area contributed by atoms with Crippen LogP contribution in [-0.2, 0) is 9.53 Å². The number of rotatable bonds is 3. The summed E-state index contributed by atoms with van der Waals surface area (Å²) in [5.41, 5.74) is 1.43. The summed E-state index contributed by atoms with van der Waals surface area (Å²) >= 11 is 0. The van der Waals surface area contributed by atoms with Gasteiger partial charge < -0.3 is 9.84 Å². The minimum Gasteiger partial charge on any atom is -0.460 e. The summed E-state index contributed by atoms with van der Waals surface area (Å²) in [7, 11) is 0. The quantitative estimate of drug-likeness (QED) is 0.452. The maximum Gasteiger partial charge on any atom is 0.338 e. The van der Waals surface area contributed by atoms with Gasteiger partial charge in [0.05, 0.1) is 0 Å². The van der Waals surface area contributed by atoms with E-state index in [2.05, 4.69) is 26.8 Å². The molecule has 4 aliphatic carbocycles. The zero-order chi connectivity index (χ0) is 21.3. The summed E-state index contributed by atoms with van der Waals surface area (Å²) in [5.74, 6) is 3.46. The Morgan fingerprint density at radius 1 is 1.13 bits per heavy atom.